The van der Waals surface area contributed by atoms with Gasteiger partial charge in [0.1, 0.15) is 5.82 Å². The number of nitrogen functional groups attached to an aromatic ring is 1. The maximum absolute atomic E-state index is 13.2. The minimum Gasteiger partial charge on any atom is -0.396 e. The van der Waals surface area contributed by atoms with Crippen molar-refractivity contribution in [1.82, 2.24) is 5.32 Å². The van der Waals surface area contributed by atoms with Crippen LogP contribution in [0.3, 0.4) is 0 Å². The van der Waals surface area contributed by atoms with Crippen LogP contribution in [0.1, 0.15) is 5.56 Å². The number of hydrogen-bond donors (Lipinski definition) is 3. The molecule has 0 unspecified atom stereocenters. The van der Waals surface area contributed by atoms with Crippen molar-refractivity contribution in [3.8, 4) is 0 Å². The quantitative estimate of drug-likeness (QED) is 0.742. The highest BCUT2D eigenvalue weighted by Gasteiger charge is 2.04. The van der Waals surface area contributed by atoms with Gasteiger partial charge in [-0.3, -0.25) is 0 Å². The minimum atomic E-state index is -0.555. The second-order valence-corrected chi connectivity index (χ2v) is 4.03. The van der Waals surface area contributed by atoms with Crippen molar-refractivity contribution in [3.05, 3.63) is 59.9 Å². The highest BCUT2D eigenvalue weighted by atomic mass is 19.1. The summed E-state index contributed by atoms with van der Waals surface area (Å²) in [6.07, 6.45) is 0. The number of urea groups is 1. The molecule has 0 aliphatic carbocycles. The highest BCUT2D eigenvalue weighted by molar-refractivity contribution is 5.89. The summed E-state index contributed by atoms with van der Waals surface area (Å²) in [6, 6.07) is 13.2. The van der Waals surface area contributed by atoms with Crippen LogP contribution >= 0.6 is 0 Å². The number of anilines is 2. The lowest BCUT2D eigenvalue weighted by Gasteiger charge is -2.08. The number of nitrogens with two attached hydrogens (primary N) is 1. The molecule has 2 aromatic carbocycles. The SMILES string of the molecule is Nc1ccc(NC(=O)NCc2ccccc2)cc1F. The van der Waals surface area contributed by atoms with Gasteiger partial charge in [-0.15, -0.1) is 0 Å². The van der Waals surface area contributed by atoms with E-state index in [1.165, 1.54) is 12.1 Å². The smallest absolute Gasteiger partial charge is 0.319 e. The summed E-state index contributed by atoms with van der Waals surface area (Å²) >= 11 is 0. The molecule has 0 aliphatic heterocycles. The van der Waals surface area contributed by atoms with E-state index in [9.17, 15) is 9.18 Å². The highest BCUT2D eigenvalue weighted by Crippen LogP contribution is 2.15. The zero-order valence-corrected chi connectivity index (χ0v) is 10.2. The Morgan fingerprint density at radius 2 is 1.89 bits per heavy atom. The normalized spacial score (nSPS) is 9.95. The van der Waals surface area contributed by atoms with Crippen LogP contribution < -0.4 is 16.4 Å². The number of rotatable bonds is 3. The molecule has 0 bridgehead atoms. The molecular weight excluding hydrogens is 245 g/mol. The Hall–Kier alpha value is -2.56. The Kier molecular flexibility index (Phi) is 3.97. The predicted molar refractivity (Wildman–Crippen MR) is 73.1 cm³/mol. The average molecular weight is 259 g/mol. The maximum atomic E-state index is 13.2. The molecule has 0 fully saturated rings. The van der Waals surface area contributed by atoms with Crippen molar-refractivity contribution in [2.45, 2.75) is 6.54 Å². The number of carbonyl (C=O) groups is 1. The van der Waals surface area contributed by atoms with Gasteiger partial charge in [0.05, 0.1) is 5.69 Å². The molecule has 0 heterocycles. The van der Waals surface area contributed by atoms with E-state index in [2.05, 4.69) is 10.6 Å². The monoisotopic (exact) mass is 259 g/mol. The first-order valence-corrected chi connectivity index (χ1v) is 5.79. The van der Waals surface area contributed by atoms with Crippen molar-refractivity contribution in [1.29, 1.82) is 0 Å². The standard InChI is InChI=1S/C14H14FN3O/c15-12-8-11(6-7-13(12)16)18-14(19)17-9-10-4-2-1-3-5-10/h1-8H,9,16H2,(H2,17,18,19). The van der Waals surface area contributed by atoms with Gasteiger partial charge in [0.25, 0.3) is 0 Å². The van der Waals surface area contributed by atoms with Crippen LogP contribution in [0.25, 0.3) is 0 Å². The third-order valence-corrected chi connectivity index (χ3v) is 2.55. The summed E-state index contributed by atoms with van der Waals surface area (Å²) in [5.74, 6) is -0.555. The fraction of sp³-hybridized carbons (Fsp3) is 0.0714. The first-order valence-electron chi connectivity index (χ1n) is 5.79. The van der Waals surface area contributed by atoms with Crippen molar-refractivity contribution < 1.29 is 9.18 Å². The maximum Gasteiger partial charge on any atom is 0.319 e. The number of halogens is 1. The molecule has 2 rings (SSSR count). The molecule has 98 valence electrons. The van der Waals surface area contributed by atoms with Gasteiger partial charge < -0.3 is 16.4 Å². The Bertz CT molecular complexity index is 572. The van der Waals surface area contributed by atoms with Crippen LogP contribution in [0, 0.1) is 5.82 Å². The summed E-state index contributed by atoms with van der Waals surface area (Å²) < 4.78 is 13.2. The molecular formula is C14H14FN3O. The summed E-state index contributed by atoms with van der Waals surface area (Å²) in [4.78, 5) is 11.6. The topological polar surface area (TPSA) is 67.1 Å². The van der Waals surface area contributed by atoms with Crippen molar-refractivity contribution in [3.63, 3.8) is 0 Å². The number of nitrogens with one attached hydrogen (secondary N) is 2. The van der Waals surface area contributed by atoms with Crippen LogP contribution in [-0.4, -0.2) is 6.03 Å². The van der Waals surface area contributed by atoms with Gasteiger partial charge in [0, 0.05) is 12.2 Å². The summed E-state index contributed by atoms with van der Waals surface area (Å²) in [5, 5.41) is 5.21. The van der Waals surface area contributed by atoms with E-state index in [-0.39, 0.29) is 5.69 Å². The van der Waals surface area contributed by atoms with Crippen LogP contribution in [0.2, 0.25) is 0 Å². The Labute approximate surface area is 110 Å². The van der Waals surface area contributed by atoms with E-state index >= 15 is 0 Å². The fourth-order valence-corrected chi connectivity index (χ4v) is 1.56. The minimum absolute atomic E-state index is 0.0512. The molecule has 0 spiro atoms. The predicted octanol–water partition coefficient (Wildman–Crippen LogP) is 2.73. The first kappa shape index (κ1) is 12.9. The van der Waals surface area contributed by atoms with Gasteiger partial charge in [0.15, 0.2) is 0 Å². The molecule has 2 amide bonds. The van der Waals surface area contributed by atoms with Gasteiger partial charge in [-0.2, -0.15) is 0 Å². The number of carbonyl (C=O) groups excluding carboxylic acids is 1. The van der Waals surface area contributed by atoms with Crippen LogP contribution in [0.15, 0.2) is 48.5 Å². The van der Waals surface area contributed by atoms with E-state index in [1.807, 2.05) is 30.3 Å². The second kappa shape index (κ2) is 5.86. The van der Waals surface area contributed by atoms with Crippen molar-refractivity contribution >= 4 is 17.4 Å². The Morgan fingerprint density at radius 1 is 1.16 bits per heavy atom. The number of benzene rings is 2. The lowest BCUT2D eigenvalue weighted by Crippen LogP contribution is -2.28. The molecule has 5 heteroatoms. The zero-order valence-electron chi connectivity index (χ0n) is 10.2. The summed E-state index contributed by atoms with van der Waals surface area (Å²) in [5.41, 5.74) is 6.75. The van der Waals surface area contributed by atoms with Crippen LogP contribution in [-0.2, 0) is 6.54 Å². The van der Waals surface area contributed by atoms with E-state index in [0.717, 1.165) is 5.56 Å². The fourth-order valence-electron chi connectivity index (χ4n) is 1.56. The third kappa shape index (κ3) is 3.70. The van der Waals surface area contributed by atoms with Crippen molar-refractivity contribution in [2.24, 2.45) is 0 Å². The zero-order chi connectivity index (χ0) is 13.7. The van der Waals surface area contributed by atoms with Crippen molar-refractivity contribution in [2.75, 3.05) is 11.1 Å². The van der Waals surface area contributed by atoms with Crippen LogP contribution in [0.4, 0.5) is 20.6 Å². The molecule has 4 nitrogen and oxygen atoms in total. The molecule has 0 aromatic heterocycles. The number of amides is 2. The lowest BCUT2D eigenvalue weighted by atomic mass is 10.2. The second-order valence-electron chi connectivity index (χ2n) is 4.03. The summed E-state index contributed by atoms with van der Waals surface area (Å²) in [7, 11) is 0. The molecule has 0 atom stereocenters. The molecule has 4 N–H and O–H groups in total. The van der Waals surface area contributed by atoms with E-state index in [0.29, 0.717) is 12.2 Å². The van der Waals surface area contributed by atoms with E-state index < -0.39 is 11.8 Å². The Morgan fingerprint density at radius 3 is 2.58 bits per heavy atom. The van der Waals surface area contributed by atoms with Gasteiger partial charge in [0.2, 0.25) is 0 Å². The molecule has 0 radical (unpaired) electrons. The third-order valence-electron chi connectivity index (χ3n) is 2.55. The van der Waals surface area contributed by atoms with Gasteiger partial charge in [-0.1, -0.05) is 30.3 Å². The first-order chi connectivity index (χ1) is 9.15. The van der Waals surface area contributed by atoms with E-state index in [1.54, 1.807) is 6.07 Å². The molecule has 0 aliphatic rings. The molecule has 19 heavy (non-hydrogen) atoms. The largest absolute Gasteiger partial charge is 0.396 e. The Balaban J connectivity index is 1.89. The van der Waals surface area contributed by atoms with Crippen LogP contribution in [0.5, 0.6) is 0 Å². The molecule has 2 aromatic rings. The van der Waals surface area contributed by atoms with Gasteiger partial charge in [-0.25, -0.2) is 9.18 Å². The molecule has 0 saturated heterocycles. The lowest BCUT2D eigenvalue weighted by molar-refractivity contribution is 0.251. The molecule has 0 saturated carbocycles. The van der Waals surface area contributed by atoms with Gasteiger partial charge in [-0.05, 0) is 23.8 Å². The van der Waals surface area contributed by atoms with E-state index in [4.69, 9.17) is 5.73 Å². The summed E-state index contributed by atoms with van der Waals surface area (Å²) in [6.45, 7) is 0.407. The number of hydrogen-bond acceptors (Lipinski definition) is 2. The van der Waals surface area contributed by atoms with Gasteiger partial charge >= 0.3 is 6.03 Å². The average Bonchev–Trinajstić information content (AvgIpc) is 2.42.